The molecule has 142 valence electrons. The molecule has 2 aromatic rings. The summed E-state index contributed by atoms with van der Waals surface area (Å²) in [6.45, 7) is 3.20. The molecule has 0 bridgehead atoms. The molecule has 7 heteroatoms. The Bertz CT molecular complexity index is 820. The molecule has 1 amide bonds. The zero-order chi connectivity index (χ0) is 19.2. The number of hydroxylamine groups is 1. The Labute approximate surface area is 158 Å². The molecule has 7 nitrogen and oxygen atoms in total. The first-order valence-electron chi connectivity index (χ1n) is 8.98. The van der Waals surface area contributed by atoms with Gasteiger partial charge in [0.1, 0.15) is 0 Å². The molecule has 0 fully saturated rings. The highest BCUT2D eigenvalue weighted by Gasteiger charge is 2.28. The van der Waals surface area contributed by atoms with Crippen LogP contribution >= 0.6 is 0 Å². The van der Waals surface area contributed by atoms with Crippen LogP contribution in [0.25, 0.3) is 6.08 Å². The van der Waals surface area contributed by atoms with E-state index in [-0.39, 0.29) is 12.6 Å². The van der Waals surface area contributed by atoms with Crippen molar-refractivity contribution in [2.24, 2.45) is 0 Å². The number of carbonyl (C=O) groups is 1. The van der Waals surface area contributed by atoms with Crippen molar-refractivity contribution in [3.63, 3.8) is 0 Å². The van der Waals surface area contributed by atoms with Crippen LogP contribution in [0.4, 0.5) is 0 Å². The summed E-state index contributed by atoms with van der Waals surface area (Å²) in [6, 6.07) is 6.32. The van der Waals surface area contributed by atoms with Crippen LogP contribution in [0.5, 0.6) is 0 Å². The molecule has 3 N–H and O–H groups in total. The van der Waals surface area contributed by atoms with E-state index >= 15 is 0 Å². The van der Waals surface area contributed by atoms with Crippen LogP contribution < -0.4 is 5.48 Å². The summed E-state index contributed by atoms with van der Waals surface area (Å²) in [4.78, 5) is 22.1. The highest BCUT2D eigenvalue weighted by Crippen LogP contribution is 2.37. The Balaban J connectivity index is 1.78. The van der Waals surface area contributed by atoms with E-state index < -0.39 is 5.91 Å². The predicted octanol–water partition coefficient (Wildman–Crippen LogP) is 1.79. The van der Waals surface area contributed by atoms with E-state index in [1.54, 1.807) is 23.9 Å². The van der Waals surface area contributed by atoms with Gasteiger partial charge in [-0.15, -0.1) is 0 Å². The molecular weight excluding hydrogens is 344 g/mol. The second-order valence-corrected chi connectivity index (χ2v) is 6.67. The Hall–Kier alpha value is -2.61. The quantitative estimate of drug-likeness (QED) is 0.391. The molecule has 0 aliphatic heterocycles. The number of hydrogen-bond donors (Lipinski definition) is 3. The maximum atomic E-state index is 11.1. The fraction of sp³-hybridized carbons (Fsp3) is 0.350. The zero-order valence-electron chi connectivity index (χ0n) is 15.3. The first kappa shape index (κ1) is 19.2. The number of hydrogen-bond acceptors (Lipinski definition) is 6. The van der Waals surface area contributed by atoms with Crippen molar-refractivity contribution in [3.8, 4) is 0 Å². The van der Waals surface area contributed by atoms with Crippen molar-refractivity contribution in [2.45, 2.75) is 32.4 Å². The SMILES string of the molecule is Cc1cnc(CN(CCO)C2CCc3cc(C=CC(=O)NO)ccc32)cn1. The summed E-state index contributed by atoms with van der Waals surface area (Å²) in [5.41, 5.74) is 6.75. The molecule has 1 aromatic carbocycles. The highest BCUT2D eigenvalue weighted by atomic mass is 16.5. The smallest absolute Gasteiger partial charge is 0.267 e. The standard InChI is InChI=1S/C20H24N4O3/c1-14-11-22-17(12-21-14)13-24(8-9-25)19-6-4-16-10-15(2-5-18(16)19)3-7-20(26)23-27/h2-3,5,7,10-12,19,25,27H,4,6,8-9,13H2,1H3,(H,23,26). The molecule has 1 atom stereocenters. The number of carbonyl (C=O) groups excluding carboxylic acids is 1. The van der Waals surface area contributed by atoms with Crippen molar-refractivity contribution in [2.75, 3.05) is 13.2 Å². The third-order valence-electron chi connectivity index (χ3n) is 4.78. The number of aromatic nitrogens is 2. The summed E-state index contributed by atoms with van der Waals surface area (Å²) in [5.74, 6) is -0.554. The van der Waals surface area contributed by atoms with Gasteiger partial charge in [0, 0.05) is 37.6 Å². The number of fused-ring (bicyclic) bond motifs is 1. The number of aryl methyl sites for hydroxylation is 2. The Kier molecular flexibility index (Phi) is 6.28. The topological polar surface area (TPSA) is 98.6 Å². The molecule has 0 saturated carbocycles. The Morgan fingerprint density at radius 2 is 2.22 bits per heavy atom. The molecule has 1 heterocycles. The third kappa shape index (κ3) is 4.77. The Morgan fingerprint density at radius 3 is 2.93 bits per heavy atom. The van der Waals surface area contributed by atoms with E-state index in [4.69, 9.17) is 5.21 Å². The highest BCUT2D eigenvalue weighted by molar-refractivity contribution is 5.90. The molecule has 0 spiro atoms. The third-order valence-corrected chi connectivity index (χ3v) is 4.78. The van der Waals surface area contributed by atoms with Gasteiger partial charge in [-0.25, -0.2) is 5.48 Å². The fourth-order valence-electron chi connectivity index (χ4n) is 3.49. The monoisotopic (exact) mass is 368 g/mol. The van der Waals surface area contributed by atoms with Crippen molar-refractivity contribution in [1.29, 1.82) is 0 Å². The lowest BCUT2D eigenvalue weighted by Crippen LogP contribution is -2.30. The minimum atomic E-state index is -0.554. The summed E-state index contributed by atoms with van der Waals surface area (Å²) in [5, 5.41) is 18.1. The van der Waals surface area contributed by atoms with Gasteiger partial charge in [-0.3, -0.25) is 24.9 Å². The summed E-state index contributed by atoms with van der Waals surface area (Å²) >= 11 is 0. The lowest BCUT2D eigenvalue weighted by atomic mass is 10.0. The molecule has 1 unspecified atom stereocenters. The lowest BCUT2D eigenvalue weighted by Gasteiger charge is -2.28. The van der Waals surface area contributed by atoms with Gasteiger partial charge >= 0.3 is 0 Å². The molecular formula is C20H24N4O3. The van der Waals surface area contributed by atoms with E-state index in [1.807, 2.05) is 13.0 Å². The maximum absolute atomic E-state index is 11.1. The summed E-state index contributed by atoms with van der Waals surface area (Å²) in [7, 11) is 0. The van der Waals surface area contributed by atoms with E-state index in [2.05, 4.69) is 27.0 Å². The van der Waals surface area contributed by atoms with Gasteiger partial charge in [0.05, 0.1) is 18.0 Å². The number of nitrogens with zero attached hydrogens (tertiary/aromatic N) is 3. The number of benzene rings is 1. The van der Waals surface area contributed by atoms with Crippen LogP contribution in [0.3, 0.4) is 0 Å². The van der Waals surface area contributed by atoms with E-state index in [1.165, 1.54) is 17.2 Å². The van der Waals surface area contributed by atoms with Gasteiger partial charge < -0.3 is 5.11 Å². The molecule has 0 saturated heterocycles. The van der Waals surface area contributed by atoms with Crippen LogP contribution in [-0.4, -0.2) is 44.2 Å². The van der Waals surface area contributed by atoms with Gasteiger partial charge in [-0.05, 0) is 42.5 Å². The fourth-order valence-corrected chi connectivity index (χ4v) is 3.49. The normalized spacial score (nSPS) is 16.1. The van der Waals surface area contributed by atoms with Gasteiger partial charge in [-0.1, -0.05) is 18.2 Å². The van der Waals surface area contributed by atoms with Crippen LogP contribution in [-0.2, 0) is 17.8 Å². The zero-order valence-corrected chi connectivity index (χ0v) is 15.3. The van der Waals surface area contributed by atoms with E-state index in [0.29, 0.717) is 13.1 Å². The van der Waals surface area contributed by atoms with Crippen LogP contribution in [0.1, 0.15) is 40.5 Å². The number of amides is 1. The second kappa shape index (κ2) is 8.85. The van der Waals surface area contributed by atoms with E-state index in [0.717, 1.165) is 29.8 Å². The van der Waals surface area contributed by atoms with Gasteiger partial charge in [0.25, 0.3) is 5.91 Å². The Morgan fingerprint density at radius 1 is 1.37 bits per heavy atom. The molecule has 27 heavy (non-hydrogen) atoms. The predicted molar refractivity (Wildman–Crippen MR) is 101 cm³/mol. The van der Waals surface area contributed by atoms with Gasteiger partial charge in [0.2, 0.25) is 0 Å². The molecule has 1 aliphatic carbocycles. The molecule has 1 aromatic heterocycles. The summed E-state index contributed by atoms with van der Waals surface area (Å²) in [6.07, 6.45) is 8.43. The van der Waals surface area contributed by atoms with Crippen molar-refractivity contribution in [3.05, 3.63) is 64.7 Å². The minimum absolute atomic E-state index is 0.0855. The second-order valence-electron chi connectivity index (χ2n) is 6.67. The van der Waals surface area contributed by atoms with Crippen LogP contribution in [0.2, 0.25) is 0 Å². The first-order valence-corrected chi connectivity index (χ1v) is 8.98. The van der Waals surface area contributed by atoms with Crippen LogP contribution in [0, 0.1) is 6.92 Å². The number of aliphatic hydroxyl groups is 1. The molecule has 1 aliphatic rings. The van der Waals surface area contributed by atoms with Crippen molar-refractivity contribution in [1.82, 2.24) is 20.3 Å². The van der Waals surface area contributed by atoms with Crippen molar-refractivity contribution < 1.29 is 15.1 Å². The largest absolute Gasteiger partial charge is 0.395 e. The van der Waals surface area contributed by atoms with Crippen molar-refractivity contribution >= 4 is 12.0 Å². The summed E-state index contributed by atoms with van der Waals surface area (Å²) < 4.78 is 0. The minimum Gasteiger partial charge on any atom is -0.395 e. The molecule has 0 radical (unpaired) electrons. The number of aliphatic hydroxyl groups excluding tert-OH is 1. The average molecular weight is 368 g/mol. The van der Waals surface area contributed by atoms with E-state index in [9.17, 15) is 9.90 Å². The number of nitrogens with one attached hydrogen (secondary N) is 1. The number of rotatable bonds is 7. The maximum Gasteiger partial charge on any atom is 0.267 e. The van der Waals surface area contributed by atoms with Gasteiger partial charge in [-0.2, -0.15) is 0 Å². The molecule has 3 rings (SSSR count). The first-order chi connectivity index (χ1) is 13.1. The average Bonchev–Trinajstić information content (AvgIpc) is 3.10. The van der Waals surface area contributed by atoms with Gasteiger partial charge in [0.15, 0.2) is 0 Å². The lowest BCUT2D eigenvalue weighted by molar-refractivity contribution is -0.124. The van der Waals surface area contributed by atoms with Crippen LogP contribution in [0.15, 0.2) is 36.7 Å².